The number of nitrogens with two attached hydrogens (primary N) is 1. The zero-order chi connectivity index (χ0) is 19.2. The molecule has 0 saturated heterocycles. The number of hydrogen-bond donors (Lipinski definition) is 1. The summed E-state index contributed by atoms with van der Waals surface area (Å²) in [6.07, 6.45) is 0. The Hall–Kier alpha value is -2.10. The second-order valence-electron chi connectivity index (χ2n) is 5.70. The zero-order valence-corrected chi connectivity index (χ0v) is 15.7. The minimum absolute atomic E-state index is 0.0901. The molecule has 0 unspecified atom stereocenters. The molecule has 1 aliphatic heterocycles. The highest BCUT2D eigenvalue weighted by molar-refractivity contribution is 9.10. The Morgan fingerprint density at radius 3 is 2.46 bits per heavy atom. The summed E-state index contributed by atoms with van der Waals surface area (Å²) in [6.45, 7) is 1.60. The van der Waals surface area contributed by atoms with Crippen LogP contribution in [0.4, 0.5) is 8.78 Å². The van der Waals surface area contributed by atoms with Gasteiger partial charge in [-0.3, -0.25) is 0 Å². The van der Waals surface area contributed by atoms with Crippen molar-refractivity contribution >= 4 is 43.1 Å². The molecular weight excluding hydrogens is 432 g/mol. The predicted molar refractivity (Wildman–Crippen MR) is 94.4 cm³/mol. The van der Waals surface area contributed by atoms with E-state index in [4.69, 9.17) is 9.88 Å². The van der Waals surface area contributed by atoms with E-state index in [1.165, 1.54) is 0 Å². The standard InChI is InChI=1S/C17H12BrF2NO4S/c1-8-2-3-9(4-12(8)18)16-11(7-25-17(16)22)10-5-14(20)15(6-13(10)19)26(21,23)24/h2-6H,7H2,1H3,(H2,21,23,24). The van der Waals surface area contributed by atoms with Crippen LogP contribution in [0, 0.1) is 18.6 Å². The number of cyclic esters (lactones) is 1. The van der Waals surface area contributed by atoms with Crippen molar-refractivity contribution in [3.63, 3.8) is 0 Å². The summed E-state index contributed by atoms with van der Waals surface area (Å²) in [4.78, 5) is 11.2. The van der Waals surface area contributed by atoms with E-state index < -0.39 is 32.5 Å². The fraction of sp³-hybridized carbons (Fsp3) is 0.118. The van der Waals surface area contributed by atoms with Crippen molar-refractivity contribution in [3.05, 3.63) is 63.1 Å². The van der Waals surface area contributed by atoms with Crippen molar-refractivity contribution in [2.75, 3.05) is 6.61 Å². The number of hydrogen-bond acceptors (Lipinski definition) is 4. The Labute approximate surface area is 156 Å². The molecule has 0 atom stereocenters. The Morgan fingerprint density at radius 1 is 1.15 bits per heavy atom. The van der Waals surface area contributed by atoms with Gasteiger partial charge in [0.1, 0.15) is 23.1 Å². The van der Waals surface area contributed by atoms with Crippen LogP contribution in [-0.2, 0) is 19.6 Å². The normalized spacial score (nSPS) is 14.7. The highest BCUT2D eigenvalue weighted by Gasteiger charge is 2.30. The molecule has 2 aromatic rings. The lowest BCUT2D eigenvalue weighted by Crippen LogP contribution is -2.15. The third-order valence-electron chi connectivity index (χ3n) is 3.97. The topological polar surface area (TPSA) is 86.5 Å². The van der Waals surface area contributed by atoms with Crippen molar-refractivity contribution < 1.29 is 26.7 Å². The van der Waals surface area contributed by atoms with E-state index in [1.54, 1.807) is 18.2 Å². The molecule has 9 heteroatoms. The van der Waals surface area contributed by atoms with Crippen LogP contribution in [0.15, 0.2) is 39.7 Å². The van der Waals surface area contributed by atoms with Crippen LogP contribution in [0.1, 0.15) is 16.7 Å². The number of rotatable bonds is 3. The molecule has 0 aliphatic carbocycles. The van der Waals surface area contributed by atoms with Gasteiger partial charge in [-0.05, 0) is 36.2 Å². The van der Waals surface area contributed by atoms with Gasteiger partial charge in [0.25, 0.3) is 0 Å². The first-order chi connectivity index (χ1) is 12.1. The molecule has 5 nitrogen and oxygen atoms in total. The number of benzene rings is 2. The maximum Gasteiger partial charge on any atom is 0.339 e. The highest BCUT2D eigenvalue weighted by atomic mass is 79.9. The Morgan fingerprint density at radius 2 is 1.85 bits per heavy atom. The van der Waals surface area contributed by atoms with E-state index in [1.807, 2.05) is 6.92 Å². The number of sulfonamides is 1. The quantitative estimate of drug-likeness (QED) is 0.738. The maximum atomic E-state index is 14.5. The van der Waals surface area contributed by atoms with E-state index in [-0.39, 0.29) is 23.3 Å². The van der Waals surface area contributed by atoms with E-state index in [9.17, 15) is 22.0 Å². The Kier molecular flexibility index (Phi) is 4.72. The van der Waals surface area contributed by atoms with Crippen molar-refractivity contribution in [2.45, 2.75) is 11.8 Å². The van der Waals surface area contributed by atoms with Crippen molar-refractivity contribution in [1.29, 1.82) is 0 Å². The molecule has 26 heavy (non-hydrogen) atoms. The summed E-state index contributed by atoms with van der Waals surface area (Å²) in [5, 5.41) is 4.87. The van der Waals surface area contributed by atoms with E-state index in [0.29, 0.717) is 17.7 Å². The molecule has 1 aliphatic rings. The lowest BCUT2D eigenvalue weighted by Gasteiger charge is -2.09. The first-order valence-corrected chi connectivity index (χ1v) is 9.62. The first-order valence-electron chi connectivity index (χ1n) is 7.28. The van der Waals surface area contributed by atoms with Crippen LogP contribution in [0.3, 0.4) is 0 Å². The minimum atomic E-state index is -4.42. The first kappa shape index (κ1) is 18.7. The zero-order valence-electron chi connectivity index (χ0n) is 13.3. The summed E-state index contributed by atoms with van der Waals surface area (Å²) >= 11 is 3.36. The Balaban J connectivity index is 2.23. The molecule has 0 bridgehead atoms. The van der Waals surface area contributed by atoms with Crippen LogP contribution in [0.2, 0.25) is 0 Å². The second kappa shape index (κ2) is 6.57. The summed E-state index contributed by atoms with van der Waals surface area (Å²) in [5.41, 5.74) is 1.36. The van der Waals surface area contributed by atoms with Gasteiger partial charge in [-0.2, -0.15) is 0 Å². The average molecular weight is 444 g/mol. The monoisotopic (exact) mass is 443 g/mol. The number of carbonyl (C=O) groups excluding carboxylic acids is 1. The van der Waals surface area contributed by atoms with Gasteiger partial charge in [0, 0.05) is 15.6 Å². The molecule has 3 rings (SSSR count). The van der Waals surface area contributed by atoms with Gasteiger partial charge in [-0.1, -0.05) is 28.1 Å². The molecule has 136 valence electrons. The average Bonchev–Trinajstić information content (AvgIpc) is 2.92. The number of aryl methyl sites for hydroxylation is 1. The minimum Gasteiger partial charge on any atom is -0.457 e. The van der Waals surface area contributed by atoms with Crippen LogP contribution in [0.5, 0.6) is 0 Å². The van der Waals surface area contributed by atoms with Crippen molar-refractivity contribution in [1.82, 2.24) is 0 Å². The van der Waals surface area contributed by atoms with Gasteiger partial charge in [-0.25, -0.2) is 27.1 Å². The van der Waals surface area contributed by atoms with Crippen LogP contribution in [0.25, 0.3) is 11.1 Å². The second-order valence-corrected chi connectivity index (χ2v) is 8.09. The summed E-state index contributed by atoms with van der Waals surface area (Å²) in [7, 11) is -4.42. The Bertz CT molecular complexity index is 1080. The van der Waals surface area contributed by atoms with Gasteiger partial charge >= 0.3 is 5.97 Å². The molecular formula is C17H12BrF2NO4S. The van der Waals surface area contributed by atoms with Gasteiger partial charge in [0.15, 0.2) is 0 Å². The smallest absolute Gasteiger partial charge is 0.339 e. The molecule has 2 aromatic carbocycles. The largest absolute Gasteiger partial charge is 0.457 e. The van der Waals surface area contributed by atoms with Crippen LogP contribution < -0.4 is 5.14 Å². The molecule has 0 fully saturated rings. The molecule has 0 amide bonds. The van der Waals surface area contributed by atoms with Gasteiger partial charge < -0.3 is 4.74 Å². The summed E-state index contributed by atoms with van der Waals surface area (Å²) in [6, 6.07) is 6.30. The number of carbonyl (C=O) groups is 1. The summed E-state index contributed by atoms with van der Waals surface area (Å²) < 4.78 is 57.0. The maximum absolute atomic E-state index is 14.5. The van der Waals surface area contributed by atoms with Gasteiger partial charge in [0.05, 0.1) is 5.57 Å². The number of halogens is 3. The third-order valence-corrected chi connectivity index (χ3v) is 5.75. The number of esters is 1. The van der Waals surface area contributed by atoms with Crippen LogP contribution in [-0.4, -0.2) is 21.0 Å². The number of primary sulfonamides is 1. The van der Waals surface area contributed by atoms with E-state index in [0.717, 1.165) is 10.0 Å². The molecule has 0 spiro atoms. The van der Waals surface area contributed by atoms with Crippen LogP contribution >= 0.6 is 15.9 Å². The SMILES string of the molecule is Cc1ccc(C2=C(c3cc(F)c(S(N)(=O)=O)cc3F)COC2=O)cc1Br. The fourth-order valence-electron chi connectivity index (χ4n) is 2.64. The highest BCUT2D eigenvalue weighted by Crippen LogP contribution is 2.36. The van der Waals surface area contributed by atoms with Crippen molar-refractivity contribution in [2.24, 2.45) is 5.14 Å². The lowest BCUT2D eigenvalue weighted by molar-refractivity contribution is -0.133. The molecule has 0 radical (unpaired) electrons. The van der Waals surface area contributed by atoms with Crippen molar-refractivity contribution in [3.8, 4) is 0 Å². The van der Waals surface area contributed by atoms with E-state index >= 15 is 0 Å². The number of ether oxygens (including phenoxy) is 1. The molecule has 1 heterocycles. The molecule has 0 saturated carbocycles. The van der Waals surface area contributed by atoms with Gasteiger partial charge in [-0.15, -0.1) is 0 Å². The third kappa shape index (κ3) is 3.29. The predicted octanol–water partition coefficient (Wildman–Crippen LogP) is 3.15. The van der Waals surface area contributed by atoms with E-state index in [2.05, 4.69) is 15.9 Å². The van der Waals surface area contributed by atoms with Gasteiger partial charge in [0.2, 0.25) is 10.0 Å². The molecule has 0 aromatic heterocycles. The summed E-state index contributed by atoms with van der Waals surface area (Å²) in [5.74, 6) is -2.90. The fourth-order valence-corrected chi connectivity index (χ4v) is 3.61. The lowest BCUT2D eigenvalue weighted by atomic mass is 9.95. The molecule has 2 N–H and O–H groups in total.